The molecule has 0 saturated heterocycles. The van der Waals surface area contributed by atoms with E-state index in [1.807, 2.05) is 13.8 Å². The Balaban J connectivity index is 1.57. The van der Waals surface area contributed by atoms with Crippen molar-refractivity contribution in [3.63, 3.8) is 0 Å². The predicted octanol–water partition coefficient (Wildman–Crippen LogP) is 4.04. The highest BCUT2D eigenvalue weighted by atomic mass is 16.6. The topological polar surface area (TPSA) is 134 Å². The summed E-state index contributed by atoms with van der Waals surface area (Å²) in [5.41, 5.74) is 1.34. The number of rotatable bonds is 5. The van der Waals surface area contributed by atoms with E-state index in [4.69, 9.17) is 9.47 Å². The summed E-state index contributed by atoms with van der Waals surface area (Å²) < 4.78 is 12.4. The number of fused-ring (bicyclic) bond motifs is 1. The summed E-state index contributed by atoms with van der Waals surface area (Å²) in [6.07, 6.45) is 1.00. The fourth-order valence-corrected chi connectivity index (χ4v) is 4.48. The van der Waals surface area contributed by atoms with E-state index in [9.17, 15) is 14.9 Å². The van der Waals surface area contributed by atoms with Gasteiger partial charge in [-0.15, -0.1) is 0 Å². The molecule has 0 spiro atoms. The number of carbonyl (C=O) groups excluding carboxylic acids is 1. The fraction of sp³-hybridized carbons (Fsp3) is 0.304. The Kier molecular flexibility index (Phi) is 5.03. The number of carbonyl (C=O) groups is 1. The molecule has 2 aliphatic rings. The number of tetrazole rings is 1. The van der Waals surface area contributed by atoms with Gasteiger partial charge in [0, 0.05) is 23.8 Å². The van der Waals surface area contributed by atoms with E-state index in [1.165, 1.54) is 16.8 Å². The van der Waals surface area contributed by atoms with Crippen LogP contribution in [0.2, 0.25) is 0 Å². The van der Waals surface area contributed by atoms with Crippen LogP contribution < -0.4 is 14.8 Å². The lowest BCUT2D eigenvalue weighted by Crippen LogP contribution is -2.36. The number of anilines is 1. The number of ether oxygens (including phenoxy) is 2. The number of allylic oxidation sites excluding steroid dienone is 2. The number of ketones is 1. The van der Waals surface area contributed by atoms with Crippen molar-refractivity contribution >= 4 is 17.4 Å². The summed E-state index contributed by atoms with van der Waals surface area (Å²) in [6.45, 7) is 4.05. The Labute approximate surface area is 194 Å². The lowest BCUT2D eigenvalue weighted by atomic mass is 9.73. The standard InChI is InChI=1S/C23H22N6O5/c1-23(2)11-16-20(18(30)12-23)21(28-22(24-16)25-26-27-28)13-4-9-19(17(10-13)29(31)32)34-15-7-5-14(33-3)6-8-15/h4-10,21H,11-12H2,1-3H3,(H,24,25,27). The summed E-state index contributed by atoms with van der Waals surface area (Å²) >= 11 is 0. The molecular weight excluding hydrogens is 440 g/mol. The normalized spacial score (nSPS) is 18.6. The van der Waals surface area contributed by atoms with Gasteiger partial charge in [0.05, 0.1) is 12.0 Å². The van der Waals surface area contributed by atoms with Gasteiger partial charge in [-0.25, -0.2) is 0 Å². The molecule has 0 saturated carbocycles. The van der Waals surface area contributed by atoms with Gasteiger partial charge in [0.1, 0.15) is 17.5 Å². The van der Waals surface area contributed by atoms with Crippen molar-refractivity contribution in [2.45, 2.75) is 32.7 Å². The molecule has 1 aliphatic carbocycles. The first-order valence-electron chi connectivity index (χ1n) is 10.7. The minimum atomic E-state index is -0.682. The van der Waals surface area contributed by atoms with Crippen molar-refractivity contribution in [2.24, 2.45) is 5.41 Å². The predicted molar refractivity (Wildman–Crippen MR) is 121 cm³/mol. The molecule has 11 heteroatoms. The zero-order valence-electron chi connectivity index (χ0n) is 18.8. The van der Waals surface area contributed by atoms with Crippen LogP contribution in [0.15, 0.2) is 53.7 Å². The third kappa shape index (κ3) is 3.74. The van der Waals surface area contributed by atoms with Crippen molar-refractivity contribution in [3.8, 4) is 17.2 Å². The smallest absolute Gasteiger partial charge is 0.311 e. The molecular formula is C23H22N6O5. The van der Waals surface area contributed by atoms with Crippen molar-refractivity contribution in [3.05, 3.63) is 69.4 Å². The van der Waals surface area contributed by atoms with Crippen molar-refractivity contribution < 1.29 is 19.2 Å². The number of nitro groups is 1. The Morgan fingerprint density at radius 1 is 1.15 bits per heavy atom. The van der Waals surface area contributed by atoms with Crippen molar-refractivity contribution in [1.82, 2.24) is 20.2 Å². The Hall–Kier alpha value is -4.28. The molecule has 0 bridgehead atoms. The van der Waals surface area contributed by atoms with E-state index in [-0.39, 0.29) is 22.6 Å². The number of benzene rings is 2. The maximum absolute atomic E-state index is 13.2. The van der Waals surface area contributed by atoms with Gasteiger partial charge in [0.25, 0.3) is 0 Å². The van der Waals surface area contributed by atoms with Crippen LogP contribution in [0.5, 0.6) is 17.2 Å². The maximum atomic E-state index is 13.2. The van der Waals surface area contributed by atoms with Crippen molar-refractivity contribution in [2.75, 3.05) is 12.4 Å². The van der Waals surface area contributed by atoms with Gasteiger partial charge in [-0.2, -0.15) is 4.68 Å². The van der Waals surface area contributed by atoms with E-state index in [1.54, 1.807) is 37.4 Å². The fourth-order valence-electron chi connectivity index (χ4n) is 4.48. The molecule has 1 unspecified atom stereocenters. The van der Waals surface area contributed by atoms with Crippen molar-refractivity contribution in [1.29, 1.82) is 0 Å². The van der Waals surface area contributed by atoms with Crippen LogP contribution >= 0.6 is 0 Å². The lowest BCUT2D eigenvalue weighted by Gasteiger charge is -2.37. The number of aromatic nitrogens is 4. The van der Waals surface area contributed by atoms with Gasteiger partial charge in [-0.1, -0.05) is 25.0 Å². The molecule has 0 fully saturated rings. The van der Waals surface area contributed by atoms with Gasteiger partial charge in [-0.3, -0.25) is 14.9 Å². The lowest BCUT2D eigenvalue weighted by molar-refractivity contribution is -0.385. The monoisotopic (exact) mass is 462 g/mol. The van der Waals surface area contributed by atoms with Gasteiger partial charge in [0.15, 0.2) is 5.78 Å². The number of nitrogens with zero attached hydrogens (tertiary/aromatic N) is 5. The molecule has 34 heavy (non-hydrogen) atoms. The second-order valence-corrected chi connectivity index (χ2v) is 9.07. The largest absolute Gasteiger partial charge is 0.497 e. The molecule has 5 rings (SSSR count). The van der Waals surface area contributed by atoms with Crippen LogP contribution in [-0.4, -0.2) is 38.0 Å². The summed E-state index contributed by atoms with van der Waals surface area (Å²) in [5.74, 6) is 1.50. The SMILES string of the molecule is COc1ccc(Oc2ccc(C3C4=C(CC(C)(C)CC4=O)Nc4nnnn43)cc2[N+](=O)[O-])cc1. The number of Topliss-reactive ketones (excluding diaryl/α,β-unsaturated/α-hetero) is 1. The third-order valence-corrected chi connectivity index (χ3v) is 5.98. The summed E-state index contributed by atoms with van der Waals surface area (Å²) in [4.78, 5) is 24.6. The first-order chi connectivity index (χ1) is 16.3. The molecule has 1 N–H and O–H groups in total. The highest BCUT2D eigenvalue weighted by Gasteiger charge is 2.42. The molecule has 1 aliphatic heterocycles. The molecule has 1 atom stereocenters. The summed E-state index contributed by atoms with van der Waals surface area (Å²) in [7, 11) is 1.55. The van der Waals surface area contributed by atoms with Gasteiger partial charge in [0.2, 0.25) is 11.7 Å². The highest BCUT2D eigenvalue weighted by Crippen LogP contribution is 2.46. The minimum absolute atomic E-state index is 0.0360. The molecule has 11 nitrogen and oxygen atoms in total. The van der Waals surface area contributed by atoms with Crippen LogP contribution in [0.3, 0.4) is 0 Å². The van der Waals surface area contributed by atoms with E-state index >= 15 is 0 Å². The highest BCUT2D eigenvalue weighted by molar-refractivity contribution is 6.00. The average Bonchev–Trinajstić information content (AvgIpc) is 3.25. The number of methoxy groups -OCH3 is 1. The van der Waals surface area contributed by atoms with Gasteiger partial charge < -0.3 is 14.8 Å². The Morgan fingerprint density at radius 3 is 2.59 bits per heavy atom. The first kappa shape index (κ1) is 21.6. The van der Waals surface area contributed by atoms with E-state index < -0.39 is 11.0 Å². The second kappa shape index (κ2) is 7.94. The first-order valence-corrected chi connectivity index (χ1v) is 10.7. The number of nitrogens with one attached hydrogen (secondary N) is 1. The van der Waals surface area contributed by atoms with Gasteiger partial charge in [-0.05, 0) is 58.2 Å². The molecule has 3 aromatic rings. The third-order valence-electron chi connectivity index (χ3n) is 5.98. The number of nitro benzene ring substituents is 1. The van der Waals surface area contributed by atoms with E-state index in [0.29, 0.717) is 41.4 Å². The quantitative estimate of drug-likeness (QED) is 0.440. The number of hydrogen-bond acceptors (Lipinski definition) is 9. The van der Waals surface area contributed by atoms with Crippen LogP contribution in [-0.2, 0) is 4.79 Å². The van der Waals surface area contributed by atoms with Gasteiger partial charge >= 0.3 is 5.69 Å². The average molecular weight is 462 g/mol. The summed E-state index contributed by atoms with van der Waals surface area (Å²) in [5, 5.41) is 26.9. The Morgan fingerprint density at radius 2 is 1.88 bits per heavy atom. The van der Waals surface area contributed by atoms with Crippen LogP contribution in [0, 0.1) is 15.5 Å². The Bertz CT molecular complexity index is 1330. The zero-order valence-corrected chi connectivity index (χ0v) is 18.8. The van der Waals surface area contributed by atoms with Crippen LogP contribution in [0.25, 0.3) is 0 Å². The summed E-state index contributed by atoms with van der Waals surface area (Å²) in [6, 6.07) is 10.7. The minimum Gasteiger partial charge on any atom is -0.497 e. The zero-order chi connectivity index (χ0) is 24.0. The van der Waals surface area contributed by atoms with E-state index in [2.05, 4.69) is 20.8 Å². The second-order valence-electron chi connectivity index (χ2n) is 9.07. The number of hydrogen-bond donors (Lipinski definition) is 1. The van der Waals surface area contributed by atoms with Crippen LogP contribution in [0.4, 0.5) is 11.6 Å². The van der Waals surface area contributed by atoms with E-state index in [0.717, 1.165) is 5.70 Å². The molecule has 2 heterocycles. The van der Waals surface area contributed by atoms with Crippen LogP contribution in [0.1, 0.15) is 38.3 Å². The molecule has 2 aromatic carbocycles. The molecule has 0 radical (unpaired) electrons. The molecule has 0 amide bonds. The molecule has 1 aromatic heterocycles. The molecule has 174 valence electrons. The maximum Gasteiger partial charge on any atom is 0.311 e.